The molecule has 2 heterocycles. The molecule has 1 aromatic heterocycles. The van der Waals surface area contributed by atoms with Gasteiger partial charge in [-0.15, -0.1) is 0 Å². The number of rotatable bonds is 4. The molecule has 9 heteroatoms. The Labute approximate surface area is 194 Å². The smallest absolute Gasteiger partial charge is 0.258 e. The van der Waals surface area contributed by atoms with E-state index in [4.69, 9.17) is 34.8 Å². The second-order valence-electron chi connectivity index (χ2n) is 7.07. The van der Waals surface area contributed by atoms with Crippen LogP contribution in [0.15, 0.2) is 48.7 Å². The second kappa shape index (κ2) is 9.22. The maximum atomic E-state index is 12.8. The van der Waals surface area contributed by atoms with Crippen molar-refractivity contribution in [3.63, 3.8) is 0 Å². The molecule has 0 bridgehead atoms. The summed E-state index contributed by atoms with van der Waals surface area (Å²) in [6.45, 7) is 0.894. The lowest BCUT2D eigenvalue weighted by molar-refractivity contribution is -0.131. The first-order chi connectivity index (χ1) is 14.9. The summed E-state index contributed by atoms with van der Waals surface area (Å²) in [5.41, 5.74) is 2.68. The number of nitrogens with one attached hydrogen (secondary N) is 1. The zero-order valence-corrected chi connectivity index (χ0v) is 18.5. The number of nitrogens with zero attached hydrogens (tertiary/aromatic N) is 3. The molecule has 31 heavy (non-hydrogen) atoms. The maximum absolute atomic E-state index is 12.8. The molecule has 1 aliphatic heterocycles. The molecule has 0 saturated heterocycles. The fourth-order valence-corrected chi connectivity index (χ4v) is 4.08. The van der Waals surface area contributed by atoms with Gasteiger partial charge in [0.05, 0.1) is 12.1 Å². The zero-order valence-electron chi connectivity index (χ0n) is 16.2. The summed E-state index contributed by atoms with van der Waals surface area (Å²) in [5, 5.41) is 4.11. The molecule has 1 N–H and O–H groups in total. The number of aromatic nitrogens is 2. The molecule has 0 atom stereocenters. The lowest BCUT2D eigenvalue weighted by Crippen LogP contribution is -2.37. The molecule has 2 aromatic carbocycles. The molecule has 0 radical (unpaired) electrons. The van der Waals surface area contributed by atoms with E-state index in [1.165, 1.54) is 0 Å². The van der Waals surface area contributed by atoms with Crippen molar-refractivity contribution in [2.45, 2.75) is 19.4 Å². The van der Waals surface area contributed by atoms with Gasteiger partial charge in [0.15, 0.2) is 0 Å². The van der Waals surface area contributed by atoms with Gasteiger partial charge in [0, 0.05) is 51.9 Å². The van der Waals surface area contributed by atoms with E-state index >= 15 is 0 Å². The van der Waals surface area contributed by atoms with Crippen LogP contribution in [0.5, 0.6) is 0 Å². The first-order valence-corrected chi connectivity index (χ1v) is 10.7. The van der Waals surface area contributed by atoms with Crippen LogP contribution in [0.25, 0.3) is 0 Å². The lowest BCUT2D eigenvalue weighted by atomic mass is 10.1. The highest BCUT2D eigenvalue weighted by molar-refractivity contribution is 6.36. The average molecular weight is 476 g/mol. The molecule has 158 valence electrons. The summed E-state index contributed by atoms with van der Waals surface area (Å²) in [4.78, 5) is 35.6. The highest BCUT2D eigenvalue weighted by Crippen LogP contribution is 2.26. The van der Waals surface area contributed by atoms with E-state index < -0.39 is 0 Å². The summed E-state index contributed by atoms with van der Waals surface area (Å²) in [7, 11) is 0. The van der Waals surface area contributed by atoms with E-state index in [1.807, 2.05) is 0 Å². The van der Waals surface area contributed by atoms with Crippen molar-refractivity contribution in [2.75, 3.05) is 11.9 Å². The topological polar surface area (TPSA) is 75.2 Å². The largest absolute Gasteiger partial charge is 0.338 e. The summed E-state index contributed by atoms with van der Waals surface area (Å²) < 4.78 is 0. The Balaban J connectivity index is 1.43. The number of carbonyl (C=O) groups is 2. The van der Waals surface area contributed by atoms with Crippen LogP contribution in [0, 0.1) is 0 Å². The summed E-state index contributed by atoms with van der Waals surface area (Å²) in [5.74, 6) is -0.197. The Kier molecular flexibility index (Phi) is 6.41. The number of halogens is 3. The van der Waals surface area contributed by atoms with Gasteiger partial charge >= 0.3 is 0 Å². The molecule has 4 rings (SSSR count). The Hall–Kier alpha value is -2.67. The Morgan fingerprint density at radius 3 is 2.55 bits per heavy atom. The molecule has 0 aliphatic carbocycles. The number of benzene rings is 2. The van der Waals surface area contributed by atoms with Crippen LogP contribution in [-0.4, -0.2) is 33.2 Å². The van der Waals surface area contributed by atoms with Crippen LogP contribution >= 0.6 is 34.8 Å². The number of fused-ring (bicyclic) bond motifs is 1. The van der Waals surface area contributed by atoms with Gasteiger partial charge in [0.2, 0.25) is 11.9 Å². The van der Waals surface area contributed by atoms with Crippen molar-refractivity contribution in [3.05, 3.63) is 86.1 Å². The average Bonchev–Trinajstić information content (AvgIpc) is 2.76. The third-order valence-corrected chi connectivity index (χ3v) is 5.93. The van der Waals surface area contributed by atoms with Crippen molar-refractivity contribution in [3.8, 4) is 0 Å². The fraction of sp³-hybridized carbons (Fsp3) is 0.182. The van der Waals surface area contributed by atoms with E-state index in [1.54, 1.807) is 53.6 Å². The van der Waals surface area contributed by atoms with Crippen LogP contribution in [0.1, 0.15) is 27.2 Å². The van der Waals surface area contributed by atoms with Gasteiger partial charge < -0.3 is 4.90 Å². The lowest BCUT2D eigenvalue weighted by Gasteiger charge is -2.28. The quantitative estimate of drug-likeness (QED) is 0.587. The van der Waals surface area contributed by atoms with Crippen LogP contribution in [0.3, 0.4) is 0 Å². The third kappa shape index (κ3) is 4.98. The Morgan fingerprint density at radius 1 is 1.06 bits per heavy atom. The van der Waals surface area contributed by atoms with E-state index in [-0.39, 0.29) is 24.2 Å². The van der Waals surface area contributed by atoms with Crippen molar-refractivity contribution < 1.29 is 9.59 Å². The van der Waals surface area contributed by atoms with Crippen LogP contribution < -0.4 is 5.32 Å². The van der Waals surface area contributed by atoms with Gasteiger partial charge in [-0.3, -0.25) is 14.9 Å². The molecule has 0 fully saturated rings. The van der Waals surface area contributed by atoms with Gasteiger partial charge in [-0.2, -0.15) is 0 Å². The predicted molar refractivity (Wildman–Crippen MR) is 121 cm³/mol. The Morgan fingerprint density at radius 2 is 1.81 bits per heavy atom. The molecule has 2 amide bonds. The number of hydrogen-bond acceptors (Lipinski definition) is 4. The minimum absolute atomic E-state index is 0.0704. The standard InChI is InChI=1S/C22H17Cl3N4O2/c23-15-4-1-3-13(9-15)21(31)28-22-26-11-14-12-29(8-7-19(14)27-22)20(30)10-16-17(24)5-2-6-18(16)25/h1-6,9,11H,7-8,10,12H2,(H,26,27,28,31). The summed E-state index contributed by atoms with van der Waals surface area (Å²) in [6, 6.07) is 11.8. The minimum Gasteiger partial charge on any atom is -0.338 e. The van der Waals surface area contributed by atoms with Crippen molar-refractivity contribution in [1.82, 2.24) is 14.9 Å². The van der Waals surface area contributed by atoms with Gasteiger partial charge in [-0.25, -0.2) is 9.97 Å². The van der Waals surface area contributed by atoms with Crippen LogP contribution in [-0.2, 0) is 24.2 Å². The van der Waals surface area contributed by atoms with Gasteiger partial charge in [-0.1, -0.05) is 46.9 Å². The highest BCUT2D eigenvalue weighted by Gasteiger charge is 2.24. The number of amides is 2. The highest BCUT2D eigenvalue weighted by atomic mass is 35.5. The van der Waals surface area contributed by atoms with Gasteiger partial charge in [0.1, 0.15) is 0 Å². The zero-order chi connectivity index (χ0) is 22.0. The van der Waals surface area contributed by atoms with Crippen molar-refractivity contribution >= 4 is 52.6 Å². The molecular weight excluding hydrogens is 459 g/mol. The maximum Gasteiger partial charge on any atom is 0.258 e. The first kappa shape index (κ1) is 21.6. The number of anilines is 1. The third-order valence-electron chi connectivity index (χ3n) is 4.99. The predicted octanol–water partition coefficient (Wildman–Crippen LogP) is 4.82. The first-order valence-electron chi connectivity index (χ1n) is 9.53. The molecular formula is C22H17Cl3N4O2. The van der Waals surface area contributed by atoms with Crippen LogP contribution in [0.2, 0.25) is 15.1 Å². The minimum atomic E-state index is -0.341. The van der Waals surface area contributed by atoms with E-state index in [2.05, 4.69) is 15.3 Å². The van der Waals surface area contributed by atoms with Gasteiger partial charge in [0.25, 0.3) is 5.91 Å². The SMILES string of the molecule is O=C(Nc1ncc2c(n1)CCN(C(=O)Cc1c(Cl)cccc1Cl)C2)c1cccc(Cl)c1. The van der Waals surface area contributed by atoms with E-state index in [9.17, 15) is 9.59 Å². The molecule has 0 saturated carbocycles. The monoisotopic (exact) mass is 474 g/mol. The molecule has 6 nitrogen and oxygen atoms in total. The molecule has 0 spiro atoms. The van der Waals surface area contributed by atoms with Gasteiger partial charge in [-0.05, 0) is 35.9 Å². The fourth-order valence-electron chi connectivity index (χ4n) is 3.36. The molecule has 3 aromatic rings. The number of hydrogen-bond donors (Lipinski definition) is 1. The number of carbonyl (C=O) groups excluding carboxylic acids is 2. The Bertz CT molecular complexity index is 1150. The molecule has 0 unspecified atom stereocenters. The van der Waals surface area contributed by atoms with E-state index in [0.717, 1.165) is 11.3 Å². The van der Waals surface area contributed by atoms with Crippen molar-refractivity contribution in [2.24, 2.45) is 0 Å². The normalized spacial score (nSPS) is 12.9. The molecule has 1 aliphatic rings. The van der Waals surface area contributed by atoms with Crippen molar-refractivity contribution in [1.29, 1.82) is 0 Å². The summed E-state index contributed by atoms with van der Waals surface area (Å²) >= 11 is 18.3. The van der Waals surface area contributed by atoms with E-state index in [0.29, 0.717) is 45.7 Å². The second-order valence-corrected chi connectivity index (χ2v) is 8.32. The van der Waals surface area contributed by atoms with Crippen LogP contribution in [0.4, 0.5) is 5.95 Å². The summed E-state index contributed by atoms with van der Waals surface area (Å²) in [6.07, 6.45) is 2.32.